The highest BCUT2D eigenvalue weighted by Crippen LogP contribution is 2.60. The molecule has 0 spiro atoms. The Hall–Kier alpha value is -0.630. The molecule has 20 heavy (non-hydrogen) atoms. The summed E-state index contributed by atoms with van der Waals surface area (Å²) < 4.78 is 24.4. The first-order valence-electron chi connectivity index (χ1n) is 7.57. The van der Waals surface area contributed by atoms with E-state index in [1.54, 1.807) is 0 Å². The van der Waals surface area contributed by atoms with Gasteiger partial charge in [0.15, 0.2) is 0 Å². The number of hydrogen-bond acceptors (Lipinski definition) is 3. The predicted octanol–water partition coefficient (Wildman–Crippen LogP) is 5.57. The standard InChI is InChI=1S/C16H27O3P/c1-4-6-13-18-20(17,19-14-7-5-2)15(3)16-11-9-8-10-12-16/h8-12,15H,4-7,13-14H2,1-3H3/t15-/m1/s1. The molecule has 1 rings (SSSR count). The summed E-state index contributed by atoms with van der Waals surface area (Å²) in [6, 6.07) is 9.81. The molecule has 0 aliphatic carbocycles. The third-order valence-electron chi connectivity index (χ3n) is 3.29. The van der Waals surface area contributed by atoms with Gasteiger partial charge in [-0.3, -0.25) is 4.57 Å². The topological polar surface area (TPSA) is 35.5 Å². The molecule has 4 heteroatoms. The van der Waals surface area contributed by atoms with E-state index in [1.807, 2.05) is 37.3 Å². The average Bonchev–Trinajstić information content (AvgIpc) is 2.48. The normalized spacial score (nSPS) is 13.3. The Morgan fingerprint density at radius 3 is 1.95 bits per heavy atom. The van der Waals surface area contributed by atoms with Crippen LogP contribution in [0.15, 0.2) is 30.3 Å². The summed E-state index contributed by atoms with van der Waals surface area (Å²) in [5.74, 6) is 0. The molecule has 1 aromatic rings. The molecule has 0 aromatic heterocycles. The maximum absolute atomic E-state index is 13.0. The summed E-state index contributed by atoms with van der Waals surface area (Å²) in [6.45, 7) is 7.10. The number of hydrogen-bond donors (Lipinski definition) is 0. The van der Waals surface area contributed by atoms with Crippen molar-refractivity contribution in [2.45, 2.75) is 52.1 Å². The lowest BCUT2D eigenvalue weighted by Gasteiger charge is -2.24. The third-order valence-corrected chi connectivity index (χ3v) is 5.63. The second kappa shape index (κ2) is 9.33. The Balaban J connectivity index is 2.77. The third kappa shape index (κ3) is 5.40. The molecule has 0 N–H and O–H groups in total. The number of unbranched alkanes of at least 4 members (excludes halogenated alkanes) is 2. The van der Waals surface area contributed by atoms with Gasteiger partial charge >= 0.3 is 7.60 Å². The smallest absolute Gasteiger partial charge is 0.308 e. The molecule has 0 unspecified atom stereocenters. The minimum absolute atomic E-state index is 0.225. The summed E-state index contributed by atoms with van der Waals surface area (Å²) in [5.41, 5.74) is 0.779. The second-order valence-electron chi connectivity index (χ2n) is 5.00. The summed E-state index contributed by atoms with van der Waals surface area (Å²) in [6.07, 6.45) is 3.86. The minimum Gasteiger partial charge on any atom is -0.308 e. The van der Waals surface area contributed by atoms with Gasteiger partial charge in [-0.2, -0.15) is 0 Å². The lowest BCUT2D eigenvalue weighted by Crippen LogP contribution is -2.06. The van der Waals surface area contributed by atoms with E-state index in [2.05, 4.69) is 13.8 Å². The molecular formula is C16H27O3P. The lowest BCUT2D eigenvalue weighted by molar-refractivity contribution is 0.193. The molecule has 0 fully saturated rings. The van der Waals surface area contributed by atoms with E-state index in [0.717, 1.165) is 31.2 Å². The number of rotatable bonds is 10. The van der Waals surface area contributed by atoms with Gasteiger partial charge in [0.25, 0.3) is 0 Å². The van der Waals surface area contributed by atoms with Crippen LogP contribution in [0.25, 0.3) is 0 Å². The summed E-state index contributed by atoms with van der Waals surface area (Å²) >= 11 is 0. The average molecular weight is 298 g/mol. The monoisotopic (exact) mass is 298 g/mol. The molecule has 0 radical (unpaired) electrons. The SMILES string of the molecule is CCCCOP(=O)(OCCCC)[C@H](C)c1ccccc1. The Kier molecular flexibility index (Phi) is 8.13. The fourth-order valence-electron chi connectivity index (χ4n) is 1.85. The van der Waals surface area contributed by atoms with Crippen molar-refractivity contribution in [1.82, 2.24) is 0 Å². The maximum Gasteiger partial charge on any atom is 0.337 e. The van der Waals surface area contributed by atoms with Crippen LogP contribution in [-0.2, 0) is 13.6 Å². The fraction of sp³-hybridized carbons (Fsp3) is 0.625. The Labute approximate surface area is 123 Å². The molecule has 114 valence electrons. The van der Waals surface area contributed by atoms with Crippen molar-refractivity contribution in [3.63, 3.8) is 0 Å². The van der Waals surface area contributed by atoms with Crippen molar-refractivity contribution in [2.24, 2.45) is 0 Å². The number of benzene rings is 1. The van der Waals surface area contributed by atoms with Crippen molar-refractivity contribution in [1.29, 1.82) is 0 Å². The fourth-order valence-corrected chi connectivity index (χ4v) is 3.67. The van der Waals surface area contributed by atoms with Crippen LogP contribution >= 0.6 is 7.60 Å². The zero-order valence-corrected chi connectivity index (χ0v) is 13.8. The molecular weight excluding hydrogens is 271 g/mol. The first kappa shape index (κ1) is 17.4. The van der Waals surface area contributed by atoms with Gasteiger partial charge in [0.1, 0.15) is 0 Å². The highest BCUT2D eigenvalue weighted by atomic mass is 31.2. The zero-order valence-electron chi connectivity index (χ0n) is 12.9. The van der Waals surface area contributed by atoms with E-state index in [0.29, 0.717) is 13.2 Å². The quantitative estimate of drug-likeness (QED) is 0.418. The van der Waals surface area contributed by atoms with Crippen molar-refractivity contribution in [2.75, 3.05) is 13.2 Å². The molecule has 0 saturated heterocycles. The Bertz CT molecular complexity index is 391. The molecule has 0 saturated carbocycles. The van der Waals surface area contributed by atoms with E-state index >= 15 is 0 Å². The van der Waals surface area contributed by atoms with Crippen LogP contribution in [0.2, 0.25) is 0 Å². The molecule has 1 aromatic carbocycles. The molecule has 0 heterocycles. The van der Waals surface area contributed by atoms with Gasteiger partial charge in [-0.25, -0.2) is 0 Å². The Morgan fingerprint density at radius 2 is 1.50 bits per heavy atom. The van der Waals surface area contributed by atoms with Crippen LogP contribution in [-0.4, -0.2) is 13.2 Å². The lowest BCUT2D eigenvalue weighted by atomic mass is 10.2. The molecule has 0 aliphatic heterocycles. The minimum atomic E-state index is -3.09. The van der Waals surface area contributed by atoms with Crippen molar-refractivity contribution in [3.8, 4) is 0 Å². The van der Waals surface area contributed by atoms with Gasteiger partial charge < -0.3 is 9.05 Å². The van der Waals surface area contributed by atoms with Gasteiger partial charge in [-0.15, -0.1) is 0 Å². The molecule has 0 amide bonds. The van der Waals surface area contributed by atoms with E-state index in [4.69, 9.17) is 9.05 Å². The maximum atomic E-state index is 13.0. The highest BCUT2D eigenvalue weighted by Gasteiger charge is 2.33. The van der Waals surface area contributed by atoms with Gasteiger partial charge in [-0.1, -0.05) is 57.0 Å². The second-order valence-corrected chi connectivity index (χ2v) is 7.37. The Morgan fingerprint density at radius 1 is 1.00 bits per heavy atom. The van der Waals surface area contributed by atoms with Crippen LogP contribution in [0.3, 0.4) is 0 Å². The zero-order chi connectivity index (χ0) is 14.8. The van der Waals surface area contributed by atoms with Crippen molar-refractivity contribution < 1.29 is 13.6 Å². The molecule has 3 nitrogen and oxygen atoms in total. The first-order valence-corrected chi connectivity index (χ1v) is 9.19. The molecule has 0 aliphatic rings. The van der Waals surface area contributed by atoms with E-state index < -0.39 is 7.60 Å². The van der Waals surface area contributed by atoms with Crippen LogP contribution in [0.5, 0.6) is 0 Å². The van der Waals surface area contributed by atoms with Crippen LogP contribution in [0.4, 0.5) is 0 Å². The van der Waals surface area contributed by atoms with E-state index in [9.17, 15) is 4.57 Å². The first-order chi connectivity index (χ1) is 9.64. The summed E-state index contributed by atoms with van der Waals surface area (Å²) in [7, 11) is -3.09. The highest BCUT2D eigenvalue weighted by molar-refractivity contribution is 7.54. The summed E-state index contributed by atoms with van der Waals surface area (Å²) in [5, 5.41) is 0. The van der Waals surface area contributed by atoms with Gasteiger partial charge in [0.2, 0.25) is 0 Å². The predicted molar refractivity (Wildman–Crippen MR) is 84.2 cm³/mol. The van der Waals surface area contributed by atoms with Gasteiger partial charge in [-0.05, 0) is 25.3 Å². The van der Waals surface area contributed by atoms with Crippen LogP contribution in [0, 0.1) is 0 Å². The van der Waals surface area contributed by atoms with E-state index in [-0.39, 0.29) is 5.66 Å². The van der Waals surface area contributed by atoms with Crippen molar-refractivity contribution in [3.05, 3.63) is 35.9 Å². The van der Waals surface area contributed by atoms with E-state index in [1.165, 1.54) is 0 Å². The van der Waals surface area contributed by atoms with Crippen LogP contribution in [0.1, 0.15) is 57.7 Å². The molecule has 1 atom stereocenters. The molecule has 0 bridgehead atoms. The van der Waals surface area contributed by atoms with Crippen molar-refractivity contribution >= 4 is 7.60 Å². The van der Waals surface area contributed by atoms with Gasteiger partial charge in [0, 0.05) is 0 Å². The van der Waals surface area contributed by atoms with Crippen LogP contribution < -0.4 is 0 Å². The van der Waals surface area contributed by atoms with Gasteiger partial charge in [0.05, 0.1) is 18.9 Å². The summed E-state index contributed by atoms with van der Waals surface area (Å²) in [4.78, 5) is 0. The largest absolute Gasteiger partial charge is 0.337 e.